The molecule has 530 valence electrons. The summed E-state index contributed by atoms with van der Waals surface area (Å²) >= 11 is 0. The molecule has 0 fully saturated rings. The fourth-order valence-corrected chi connectivity index (χ4v) is 15.8. The zero-order chi connectivity index (χ0) is 72.4. The van der Waals surface area contributed by atoms with Gasteiger partial charge in [0.1, 0.15) is 47.7 Å². The van der Waals surface area contributed by atoms with Crippen LogP contribution >= 0.6 is 29.9 Å². The molecule has 19 nitrogen and oxygen atoms in total. The van der Waals surface area contributed by atoms with Crippen LogP contribution in [0.15, 0.2) is 176 Å². The lowest BCUT2D eigenvalue weighted by molar-refractivity contribution is -0.149. The van der Waals surface area contributed by atoms with Gasteiger partial charge in [0.25, 0.3) is 7.37 Å². The van der Waals surface area contributed by atoms with Gasteiger partial charge in [-0.15, -0.1) is 0 Å². The highest BCUT2D eigenvalue weighted by Crippen LogP contribution is 2.60. The first-order valence-electron chi connectivity index (χ1n) is 32.7. The van der Waals surface area contributed by atoms with Crippen molar-refractivity contribution in [1.82, 2.24) is 15.3 Å². The summed E-state index contributed by atoms with van der Waals surface area (Å²) in [6.45, 7) is 33.6. The van der Waals surface area contributed by atoms with Crippen molar-refractivity contribution in [2.45, 2.75) is 171 Å². The van der Waals surface area contributed by atoms with Crippen LogP contribution in [0, 0.1) is 11.3 Å². The Balaban J connectivity index is 0.000000279. The zero-order valence-electron chi connectivity index (χ0n) is 59.6. The molecule has 0 aliphatic carbocycles. The summed E-state index contributed by atoms with van der Waals surface area (Å²) in [6.07, 6.45) is 0.118. The standard InChI is InChI=1S/C25H29O4P.C21H30NO4P.2C14H22NO4P/c1-19(24(26)28-17-20-11-6-5-7-12-20)18-30(27,25(2,3)4)29-23-16-10-14-21-13-8-9-15-22(21)23;1-15(2)27(24,22-16(3)20(23)25-14-21(4,5)6)26-19-13-9-11-17-10-7-8-12-18(17)19;2*1-5-18-14(16)12(4)15-20(17,11(2)3)19-13-9-7-6-8-10-13/h5-16,19H,17-18H2,1-4H3;7-13,15-16H,14H2,1-6H3,(H,22,24);2*6-12H,5H2,1-4H3,(H,15,17)/t19-,30?;16-,27?;2*12-,20?/m0110/s1. The molecule has 7 aromatic carbocycles. The second-order valence-electron chi connectivity index (χ2n) is 26.3. The Bertz CT molecular complexity index is 3700. The van der Waals surface area contributed by atoms with Crippen molar-refractivity contribution >= 4 is 75.3 Å². The molecular formula is C74H103N3O16P4. The number of nitrogens with one attached hydrogen (secondary N) is 3. The Morgan fingerprint density at radius 1 is 0.392 bits per heavy atom. The summed E-state index contributed by atoms with van der Waals surface area (Å²) in [4.78, 5) is 48.1. The summed E-state index contributed by atoms with van der Waals surface area (Å²) in [7, 11) is -13.0. The smallest absolute Gasteiger partial charge is 0.323 e. The number of rotatable bonds is 28. The van der Waals surface area contributed by atoms with Crippen LogP contribution < -0.4 is 33.4 Å². The van der Waals surface area contributed by atoms with Gasteiger partial charge in [0.05, 0.1) is 42.7 Å². The monoisotopic (exact) mass is 1410 g/mol. The molecule has 7 rings (SSSR count). The topological polar surface area (TPSA) is 246 Å². The number of esters is 4. The summed E-state index contributed by atoms with van der Waals surface area (Å²) in [5.74, 6) is -0.105. The van der Waals surface area contributed by atoms with E-state index in [1.54, 1.807) is 124 Å². The van der Waals surface area contributed by atoms with Crippen molar-refractivity contribution in [2.75, 3.05) is 26.0 Å². The van der Waals surface area contributed by atoms with Gasteiger partial charge in [-0.2, -0.15) is 0 Å². The normalized spacial score (nSPS) is 15.2. The predicted octanol–water partition coefficient (Wildman–Crippen LogP) is 18.5. The Hall–Kier alpha value is -7.06. The number of ether oxygens (including phenoxy) is 4. The summed E-state index contributed by atoms with van der Waals surface area (Å²) in [5, 5.41) is 11.7. The molecule has 97 heavy (non-hydrogen) atoms. The molecule has 3 N–H and O–H groups in total. The summed E-state index contributed by atoms with van der Waals surface area (Å²) in [5.41, 5.74) is -0.0473. The van der Waals surface area contributed by atoms with Gasteiger partial charge in [0.15, 0.2) is 0 Å². The molecule has 8 atom stereocenters. The van der Waals surface area contributed by atoms with E-state index in [1.165, 1.54) is 0 Å². The molecule has 0 aromatic heterocycles. The third kappa shape index (κ3) is 26.6. The molecule has 7 aromatic rings. The maximum Gasteiger partial charge on any atom is 0.323 e. The number of para-hydroxylation sites is 2. The SMILES string of the molecule is CC(C)P(=O)(N[C@H](C)C(=O)OCC(C)(C)C)Oc1cccc2ccccc12.CCOC(=O)[C@@H](C)NP(=O)(Oc1ccccc1)C(C)C.CCOC(=O)[C@H](C)NP(=O)(Oc1ccccc1)C(C)C.C[C@@H](CP(=O)(Oc1cccc2ccccc12)C(C)(C)C)C(=O)OCc1ccccc1. The largest absolute Gasteiger partial charge is 0.465 e. The lowest BCUT2D eigenvalue weighted by Gasteiger charge is -2.33. The molecule has 0 radical (unpaired) electrons. The van der Waals surface area contributed by atoms with Gasteiger partial charge >= 0.3 is 46.4 Å². The maximum absolute atomic E-state index is 14.0. The quantitative estimate of drug-likeness (QED) is 0.0234. The first-order chi connectivity index (χ1) is 45.5. The number of benzene rings is 7. The molecule has 4 unspecified atom stereocenters. The van der Waals surface area contributed by atoms with Gasteiger partial charge in [0, 0.05) is 22.1 Å². The molecular weight excluding hydrogens is 1310 g/mol. The highest BCUT2D eigenvalue weighted by molar-refractivity contribution is 7.61. The van der Waals surface area contributed by atoms with Crippen LogP contribution in [0.2, 0.25) is 0 Å². The van der Waals surface area contributed by atoms with Gasteiger partial charge in [0.2, 0.25) is 0 Å². The highest BCUT2D eigenvalue weighted by atomic mass is 31.2. The molecule has 0 saturated carbocycles. The van der Waals surface area contributed by atoms with E-state index in [4.69, 9.17) is 37.0 Å². The fraction of sp³-hybridized carbons (Fsp3) is 0.432. The fourth-order valence-electron chi connectivity index (χ4n) is 8.64. The molecule has 0 heterocycles. The molecule has 0 spiro atoms. The molecule has 0 saturated heterocycles. The molecule has 0 bridgehead atoms. The van der Waals surface area contributed by atoms with Crippen LogP contribution in [0.25, 0.3) is 21.5 Å². The van der Waals surface area contributed by atoms with Crippen molar-refractivity contribution in [2.24, 2.45) is 11.3 Å². The van der Waals surface area contributed by atoms with Crippen LogP contribution in [0.5, 0.6) is 23.0 Å². The number of carbonyl (C=O) groups excluding carboxylic acids is 4. The van der Waals surface area contributed by atoms with Crippen LogP contribution in [0.3, 0.4) is 0 Å². The van der Waals surface area contributed by atoms with Gasteiger partial charge in [-0.1, -0.05) is 230 Å². The van der Waals surface area contributed by atoms with Crippen LogP contribution in [-0.2, 0) is 63.0 Å². The van der Waals surface area contributed by atoms with E-state index < -0.39 is 77.0 Å². The second-order valence-corrected chi connectivity index (χ2v) is 37.5. The lowest BCUT2D eigenvalue weighted by atomic mass is 9.99. The van der Waals surface area contributed by atoms with Crippen LogP contribution in [0.4, 0.5) is 0 Å². The zero-order valence-corrected chi connectivity index (χ0v) is 63.2. The third-order valence-corrected chi connectivity index (χ3v) is 25.9. The second kappa shape index (κ2) is 38.3. The van der Waals surface area contributed by atoms with Crippen molar-refractivity contribution < 1.29 is 74.5 Å². The van der Waals surface area contributed by atoms with E-state index >= 15 is 0 Å². The van der Waals surface area contributed by atoms with Gasteiger partial charge in [-0.05, 0) is 92.8 Å². The molecule has 23 heteroatoms. The number of hydrogen-bond acceptors (Lipinski definition) is 16. The average Bonchev–Trinajstić information content (AvgIpc) is 0.791. The minimum absolute atomic E-state index is 0.118. The van der Waals surface area contributed by atoms with Crippen molar-refractivity contribution in [3.63, 3.8) is 0 Å². The lowest BCUT2D eigenvalue weighted by Crippen LogP contribution is -2.37. The number of hydrogen-bond donors (Lipinski definition) is 3. The van der Waals surface area contributed by atoms with Gasteiger partial charge in [-0.25, -0.2) is 15.3 Å². The van der Waals surface area contributed by atoms with E-state index in [0.29, 0.717) is 29.6 Å². The van der Waals surface area contributed by atoms with Crippen LogP contribution in [-0.4, -0.2) is 90.1 Å². The summed E-state index contributed by atoms with van der Waals surface area (Å²) < 4.78 is 97.2. The van der Waals surface area contributed by atoms with E-state index in [0.717, 1.165) is 27.1 Å². The summed E-state index contributed by atoms with van der Waals surface area (Å²) in [6, 6.07) is 52.2. The van der Waals surface area contributed by atoms with E-state index in [2.05, 4.69) is 15.3 Å². The van der Waals surface area contributed by atoms with E-state index in [1.807, 2.05) is 177 Å². The molecule has 0 aliphatic heterocycles. The highest BCUT2D eigenvalue weighted by Gasteiger charge is 2.43. The molecule has 0 amide bonds. The number of carbonyl (C=O) groups is 4. The first kappa shape index (κ1) is 82.4. The van der Waals surface area contributed by atoms with E-state index in [-0.39, 0.29) is 54.3 Å². The maximum atomic E-state index is 14.0. The minimum Gasteiger partial charge on any atom is -0.465 e. The Morgan fingerprint density at radius 3 is 1.10 bits per heavy atom. The van der Waals surface area contributed by atoms with Crippen LogP contribution in [0.1, 0.15) is 130 Å². The first-order valence-corrected chi connectivity index (χ1v) is 39.6. The van der Waals surface area contributed by atoms with Gasteiger partial charge in [-0.3, -0.25) is 37.4 Å². The predicted molar refractivity (Wildman–Crippen MR) is 391 cm³/mol. The molecule has 0 aliphatic rings. The van der Waals surface area contributed by atoms with Gasteiger partial charge < -0.3 is 37.0 Å². The minimum atomic E-state index is -3.34. The average molecular weight is 1410 g/mol. The van der Waals surface area contributed by atoms with E-state index in [9.17, 15) is 37.4 Å². The van der Waals surface area contributed by atoms with Crippen molar-refractivity contribution in [3.05, 3.63) is 181 Å². The van der Waals surface area contributed by atoms with Crippen molar-refractivity contribution in [1.29, 1.82) is 0 Å². The Kier molecular flexibility index (Phi) is 32.6. The van der Waals surface area contributed by atoms with Crippen molar-refractivity contribution in [3.8, 4) is 23.0 Å². The third-order valence-electron chi connectivity index (χ3n) is 14.6. The number of fused-ring (bicyclic) bond motifs is 2. The Labute approximate surface area is 575 Å². The Morgan fingerprint density at radius 2 is 0.732 bits per heavy atom.